The van der Waals surface area contributed by atoms with Crippen LogP contribution in [0.25, 0.3) is 0 Å². The fraction of sp³-hybridized carbons (Fsp3) is 0.800. The molecule has 4 aliphatic rings. The van der Waals surface area contributed by atoms with Crippen LogP contribution >= 0.6 is 0 Å². The summed E-state index contributed by atoms with van der Waals surface area (Å²) in [6.07, 6.45) is -1.84. The van der Waals surface area contributed by atoms with Gasteiger partial charge >= 0.3 is 5.97 Å². The molecule has 1 unspecified atom stereocenters. The molecule has 8 heteroatoms. The second-order valence-corrected chi connectivity index (χ2v) is 14.0. The van der Waals surface area contributed by atoms with Gasteiger partial charge in [-0.15, -0.1) is 0 Å². The number of carbonyl (C=O) groups excluding carboxylic acids is 3. The van der Waals surface area contributed by atoms with Crippen LogP contribution in [-0.4, -0.2) is 62.1 Å². The molecule has 8 nitrogen and oxygen atoms in total. The van der Waals surface area contributed by atoms with E-state index in [0.29, 0.717) is 30.4 Å². The van der Waals surface area contributed by atoms with Gasteiger partial charge in [-0.2, -0.15) is 0 Å². The summed E-state index contributed by atoms with van der Waals surface area (Å²) in [5.41, 5.74) is -3.00. The number of fused-ring (bicyclic) bond motifs is 4. The van der Waals surface area contributed by atoms with Crippen molar-refractivity contribution in [2.75, 3.05) is 0 Å². The number of aliphatic carboxylic acids is 1. The van der Waals surface area contributed by atoms with E-state index in [-0.39, 0.29) is 42.7 Å². The predicted molar refractivity (Wildman–Crippen MR) is 139 cm³/mol. The first kappa shape index (κ1) is 29.1. The predicted octanol–water partition coefficient (Wildman–Crippen LogP) is 3.10. The summed E-state index contributed by atoms with van der Waals surface area (Å²) in [6, 6.07) is 0. The third-order valence-corrected chi connectivity index (χ3v) is 11.7. The molecule has 4 aliphatic carbocycles. The van der Waals surface area contributed by atoms with E-state index in [4.69, 9.17) is 0 Å². The minimum atomic E-state index is -1.49. The van der Waals surface area contributed by atoms with Crippen molar-refractivity contribution in [1.29, 1.82) is 0 Å². The van der Waals surface area contributed by atoms with Crippen molar-refractivity contribution in [3.05, 3.63) is 11.1 Å². The van der Waals surface area contributed by atoms with Gasteiger partial charge in [-0.1, -0.05) is 41.5 Å². The number of hydrogen-bond donors (Lipinski definition) is 4. The minimum absolute atomic E-state index is 0.0441. The number of carboxylic acids is 1. The molecule has 10 atom stereocenters. The first-order chi connectivity index (χ1) is 17.4. The minimum Gasteiger partial charge on any atom is -0.481 e. The lowest BCUT2D eigenvalue weighted by Gasteiger charge is -2.62. The summed E-state index contributed by atoms with van der Waals surface area (Å²) >= 11 is 0. The first-order valence-electron chi connectivity index (χ1n) is 14.0. The van der Waals surface area contributed by atoms with E-state index in [1.165, 1.54) is 6.92 Å². The van der Waals surface area contributed by atoms with E-state index in [1.807, 2.05) is 27.7 Å². The molecule has 0 aliphatic heterocycles. The number of Topliss-reactive ketones (excluding diaryl/α,β-unsaturated/α-hetero) is 3. The highest BCUT2D eigenvalue weighted by molar-refractivity contribution is 6.07. The number of ketones is 3. The van der Waals surface area contributed by atoms with Crippen molar-refractivity contribution >= 4 is 23.3 Å². The molecule has 0 amide bonds. The Morgan fingerprint density at radius 2 is 1.61 bits per heavy atom. The molecule has 0 aromatic heterocycles. The van der Waals surface area contributed by atoms with E-state index < -0.39 is 63.6 Å². The van der Waals surface area contributed by atoms with Crippen LogP contribution in [0.5, 0.6) is 0 Å². The highest BCUT2D eigenvalue weighted by Crippen LogP contribution is 2.70. The van der Waals surface area contributed by atoms with Crippen molar-refractivity contribution in [3.8, 4) is 0 Å². The summed E-state index contributed by atoms with van der Waals surface area (Å²) in [4.78, 5) is 52.0. The normalized spacial score (nSPS) is 43.7. The van der Waals surface area contributed by atoms with Crippen molar-refractivity contribution in [2.45, 2.75) is 105 Å². The maximum atomic E-state index is 14.1. The Morgan fingerprint density at radius 1 is 1.00 bits per heavy atom. The van der Waals surface area contributed by atoms with Crippen LogP contribution in [0.2, 0.25) is 0 Å². The number of carboxylic acid groups (broad SMARTS) is 1. The van der Waals surface area contributed by atoms with Gasteiger partial charge in [0, 0.05) is 30.3 Å². The fourth-order valence-electron chi connectivity index (χ4n) is 9.13. The Balaban J connectivity index is 1.79. The van der Waals surface area contributed by atoms with Gasteiger partial charge < -0.3 is 20.4 Å². The van der Waals surface area contributed by atoms with Crippen LogP contribution in [-0.2, 0) is 19.2 Å². The quantitative estimate of drug-likeness (QED) is 0.408. The second kappa shape index (κ2) is 9.07. The molecule has 0 radical (unpaired) electrons. The Kier molecular flexibility index (Phi) is 6.94. The Morgan fingerprint density at radius 3 is 2.18 bits per heavy atom. The van der Waals surface area contributed by atoms with E-state index in [9.17, 15) is 39.6 Å². The molecule has 0 heterocycles. The number of hydrogen-bond acceptors (Lipinski definition) is 7. The Bertz CT molecular complexity index is 1110. The average Bonchev–Trinajstić information content (AvgIpc) is 3.03. The molecule has 4 N–H and O–H groups in total. The fourth-order valence-corrected chi connectivity index (χ4v) is 9.13. The molecule has 0 saturated heterocycles. The zero-order valence-corrected chi connectivity index (χ0v) is 23.7. The molecule has 0 spiro atoms. The molecule has 4 rings (SSSR count). The van der Waals surface area contributed by atoms with Crippen molar-refractivity contribution in [2.24, 2.45) is 45.3 Å². The standard InChI is InChI=1S/C30H44O8/c1-14(10-16(31)11-15(2)26(37)38)17-12-21(34)30(7)22-18(32)13-19-27(3,4)20(33)8-9-28(19,5)23(22)24(35)25(36)29(17,30)6/h14-15,17-20,25,32-33,36H,8-13H2,1-7H3,(H,37,38)/t14-,15?,17-,18+,19+,20+,25-,28+,29+,30+/m1/s1. The van der Waals surface area contributed by atoms with Crippen LogP contribution in [0.4, 0.5) is 0 Å². The van der Waals surface area contributed by atoms with Crippen LogP contribution in [0.3, 0.4) is 0 Å². The van der Waals surface area contributed by atoms with Gasteiger partial charge in [0.25, 0.3) is 0 Å². The SMILES string of the molecule is CC(CC(=O)C[C@@H](C)[C@H]1CC(=O)[C@@]2(C)C3=C(C(=O)[C@@H](O)[C@]12C)[C@@]1(C)CC[C@H](O)C(C)(C)[C@@H]1C[C@@H]3O)C(=O)O. The second-order valence-electron chi connectivity index (χ2n) is 14.0. The maximum absolute atomic E-state index is 14.1. The molecule has 38 heavy (non-hydrogen) atoms. The molecular weight excluding hydrogens is 488 g/mol. The van der Waals surface area contributed by atoms with Crippen LogP contribution in [0.1, 0.15) is 87.0 Å². The number of rotatable bonds is 6. The number of carbonyl (C=O) groups is 4. The van der Waals surface area contributed by atoms with E-state index in [2.05, 4.69) is 0 Å². The van der Waals surface area contributed by atoms with Gasteiger partial charge in [-0.25, -0.2) is 0 Å². The van der Waals surface area contributed by atoms with Crippen LogP contribution < -0.4 is 0 Å². The van der Waals surface area contributed by atoms with Crippen molar-refractivity contribution in [3.63, 3.8) is 0 Å². The third kappa shape index (κ3) is 3.66. The topological polar surface area (TPSA) is 149 Å². The van der Waals surface area contributed by atoms with Gasteiger partial charge in [-0.05, 0) is 60.3 Å². The van der Waals surface area contributed by atoms with Crippen LogP contribution in [0.15, 0.2) is 11.1 Å². The smallest absolute Gasteiger partial charge is 0.306 e. The Labute approximate surface area is 224 Å². The van der Waals surface area contributed by atoms with Gasteiger partial charge in [0.2, 0.25) is 0 Å². The zero-order valence-electron chi connectivity index (χ0n) is 23.7. The van der Waals surface area contributed by atoms with Crippen LogP contribution in [0, 0.1) is 45.3 Å². The molecule has 0 aromatic rings. The van der Waals surface area contributed by atoms with Gasteiger partial charge in [0.15, 0.2) is 5.78 Å². The first-order valence-corrected chi connectivity index (χ1v) is 14.0. The maximum Gasteiger partial charge on any atom is 0.306 e. The lowest BCUT2D eigenvalue weighted by Crippen LogP contribution is -2.64. The molecule has 0 aromatic carbocycles. The number of aliphatic hydroxyl groups is 3. The lowest BCUT2D eigenvalue weighted by molar-refractivity contribution is -0.159. The molecule has 2 fully saturated rings. The number of aliphatic hydroxyl groups excluding tert-OH is 3. The summed E-state index contributed by atoms with van der Waals surface area (Å²) in [5.74, 6) is -3.81. The lowest BCUT2D eigenvalue weighted by atomic mass is 9.42. The summed E-state index contributed by atoms with van der Waals surface area (Å²) in [5, 5.41) is 43.3. The van der Waals surface area contributed by atoms with Crippen molar-refractivity contribution in [1.82, 2.24) is 0 Å². The summed E-state index contributed by atoms with van der Waals surface area (Å²) in [7, 11) is 0. The van der Waals surface area contributed by atoms with E-state index in [1.54, 1.807) is 13.8 Å². The highest BCUT2D eigenvalue weighted by atomic mass is 16.4. The molecule has 2 saturated carbocycles. The highest BCUT2D eigenvalue weighted by Gasteiger charge is 2.73. The van der Waals surface area contributed by atoms with E-state index >= 15 is 0 Å². The monoisotopic (exact) mass is 532 g/mol. The van der Waals surface area contributed by atoms with Crippen molar-refractivity contribution < 1.29 is 39.6 Å². The van der Waals surface area contributed by atoms with Gasteiger partial charge in [-0.3, -0.25) is 19.2 Å². The molecule has 212 valence electrons. The summed E-state index contributed by atoms with van der Waals surface area (Å²) in [6.45, 7) is 12.7. The summed E-state index contributed by atoms with van der Waals surface area (Å²) < 4.78 is 0. The average molecular weight is 533 g/mol. The third-order valence-electron chi connectivity index (χ3n) is 11.7. The Hall–Kier alpha value is -1.90. The van der Waals surface area contributed by atoms with Gasteiger partial charge in [0.1, 0.15) is 17.7 Å². The molecular formula is C30H44O8. The van der Waals surface area contributed by atoms with E-state index in [0.717, 1.165) is 0 Å². The van der Waals surface area contributed by atoms with Gasteiger partial charge in [0.05, 0.1) is 23.5 Å². The largest absolute Gasteiger partial charge is 0.481 e. The zero-order chi connectivity index (χ0) is 28.7. The molecule has 0 bridgehead atoms.